The lowest BCUT2D eigenvalue weighted by Gasteiger charge is -2.11. The first-order valence-electron chi connectivity index (χ1n) is 13.6. The number of H-pyrrole nitrogens is 2. The maximum Gasteiger partial charge on any atom is 0.200 e. The molecule has 0 bridgehead atoms. The minimum atomic E-state index is 0.474. The summed E-state index contributed by atoms with van der Waals surface area (Å²) in [5.74, 6) is 1.19. The van der Waals surface area contributed by atoms with Crippen LogP contribution in [0.25, 0.3) is 34.4 Å². The van der Waals surface area contributed by atoms with E-state index in [1.807, 2.05) is 74.5 Å². The summed E-state index contributed by atoms with van der Waals surface area (Å²) in [6, 6.07) is 19.8. The maximum absolute atomic E-state index is 5.66. The zero-order chi connectivity index (χ0) is 27.0. The zero-order valence-electron chi connectivity index (χ0n) is 22.1. The lowest BCUT2D eigenvalue weighted by molar-refractivity contribution is 0.512. The first-order chi connectivity index (χ1) is 19.2. The van der Waals surface area contributed by atoms with Gasteiger partial charge in [0, 0.05) is 6.54 Å². The highest BCUT2D eigenvalue weighted by Crippen LogP contribution is 2.31. The van der Waals surface area contributed by atoms with Crippen LogP contribution in [-0.4, -0.2) is 44.5 Å². The van der Waals surface area contributed by atoms with Crippen molar-refractivity contribution < 1.29 is 0 Å². The topological polar surface area (TPSA) is 97.9 Å². The van der Waals surface area contributed by atoms with E-state index in [4.69, 9.17) is 24.4 Å². The molecule has 0 amide bonds. The van der Waals surface area contributed by atoms with E-state index in [0.717, 1.165) is 29.9 Å². The molecule has 0 spiro atoms. The number of para-hydroxylation sites is 2. The van der Waals surface area contributed by atoms with Gasteiger partial charge in [0.25, 0.3) is 0 Å². The summed E-state index contributed by atoms with van der Waals surface area (Å²) in [6.45, 7) is 2.96. The predicted molar refractivity (Wildman–Crippen MR) is 158 cm³/mol. The molecule has 2 aromatic carbocycles. The SMILES string of the molecule is CCCCCCCCCCn1nnc(-c2n[nH]c(=S)n2-c2ccccc2)c1-c1n[nH]c(=S)n1-c1ccccc1. The third-order valence-electron chi connectivity index (χ3n) is 6.76. The van der Waals surface area contributed by atoms with E-state index in [1.165, 1.54) is 38.5 Å². The summed E-state index contributed by atoms with van der Waals surface area (Å²) in [6.07, 6.45) is 9.84. The van der Waals surface area contributed by atoms with Crippen LogP contribution in [0.15, 0.2) is 60.7 Å². The summed E-state index contributed by atoms with van der Waals surface area (Å²) in [5.41, 5.74) is 3.10. The summed E-state index contributed by atoms with van der Waals surface area (Å²) in [7, 11) is 0. The molecule has 0 atom stereocenters. The van der Waals surface area contributed by atoms with Gasteiger partial charge in [-0.15, -0.1) is 5.10 Å². The molecule has 11 heteroatoms. The molecule has 0 aliphatic rings. The van der Waals surface area contributed by atoms with E-state index in [2.05, 4.69) is 37.6 Å². The number of aromatic nitrogens is 9. The Labute approximate surface area is 237 Å². The zero-order valence-corrected chi connectivity index (χ0v) is 23.7. The minimum absolute atomic E-state index is 0.474. The fourth-order valence-corrected chi connectivity index (χ4v) is 5.26. The number of nitrogens with one attached hydrogen (secondary N) is 2. The number of nitrogens with zero attached hydrogens (tertiary/aromatic N) is 7. The molecule has 0 aliphatic heterocycles. The fourth-order valence-electron chi connectivity index (χ4n) is 4.78. The van der Waals surface area contributed by atoms with Gasteiger partial charge < -0.3 is 0 Å². The summed E-state index contributed by atoms with van der Waals surface area (Å²) < 4.78 is 6.67. The van der Waals surface area contributed by atoms with E-state index in [1.54, 1.807) is 0 Å². The van der Waals surface area contributed by atoms with Crippen LogP contribution in [0.4, 0.5) is 0 Å². The highest BCUT2D eigenvalue weighted by Gasteiger charge is 2.26. The van der Waals surface area contributed by atoms with Crippen molar-refractivity contribution in [3.63, 3.8) is 0 Å². The lowest BCUT2D eigenvalue weighted by atomic mass is 10.1. The van der Waals surface area contributed by atoms with Crippen LogP contribution in [0.5, 0.6) is 0 Å². The van der Waals surface area contributed by atoms with E-state index in [-0.39, 0.29) is 0 Å². The number of hydrogen-bond acceptors (Lipinski definition) is 6. The average molecular weight is 560 g/mol. The normalized spacial score (nSPS) is 11.3. The van der Waals surface area contributed by atoms with Crippen LogP contribution in [0.3, 0.4) is 0 Å². The van der Waals surface area contributed by atoms with Crippen LogP contribution in [0, 0.1) is 9.54 Å². The van der Waals surface area contributed by atoms with Crippen molar-refractivity contribution in [1.82, 2.24) is 44.5 Å². The molecule has 2 N–H and O–H groups in total. The van der Waals surface area contributed by atoms with Gasteiger partial charge in [0.1, 0.15) is 5.69 Å². The molecule has 5 aromatic rings. The molecule has 39 heavy (non-hydrogen) atoms. The van der Waals surface area contributed by atoms with Crippen LogP contribution >= 0.6 is 24.4 Å². The second-order valence-electron chi connectivity index (χ2n) is 9.53. The van der Waals surface area contributed by atoms with E-state index < -0.39 is 0 Å². The Kier molecular flexibility index (Phi) is 8.89. The molecule has 3 heterocycles. The number of aryl methyl sites for hydroxylation is 1. The monoisotopic (exact) mass is 559 g/mol. The summed E-state index contributed by atoms with van der Waals surface area (Å²) >= 11 is 11.3. The Morgan fingerprint density at radius 1 is 0.667 bits per heavy atom. The van der Waals surface area contributed by atoms with Crippen molar-refractivity contribution in [1.29, 1.82) is 0 Å². The molecule has 0 aliphatic carbocycles. The van der Waals surface area contributed by atoms with Gasteiger partial charge >= 0.3 is 0 Å². The molecule has 0 unspecified atom stereocenters. The van der Waals surface area contributed by atoms with E-state index >= 15 is 0 Å². The van der Waals surface area contributed by atoms with Crippen LogP contribution in [-0.2, 0) is 6.54 Å². The highest BCUT2D eigenvalue weighted by atomic mass is 32.1. The maximum atomic E-state index is 5.66. The van der Waals surface area contributed by atoms with Gasteiger partial charge in [-0.2, -0.15) is 10.2 Å². The molecular weight excluding hydrogens is 527 g/mol. The van der Waals surface area contributed by atoms with Gasteiger partial charge in [-0.3, -0.25) is 19.3 Å². The Morgan fingerprint density at radius 2 is 1.18 bits per heavy atom. The van der Waals surface area contributed by atoms with Crippen molar-refractivity contribution in [3.05, 3.63) is 70.2 Å². The fraction of sp³-hybridized carbons (Fsp3) is 0.357. The largest absolute Gasteiger partial charge is 0.267 e. The van der Waals surface area contributed by atoms with E-state index in [0.29, 0.717) is 33.4 Å². The van der Waals surface area contributed by atoms with Crippen molar-refractivity contribution in [2.75, 3.05) is 0 Å². The first kappa shape index (κ1) is 26.9. The lowest BCUT2D eigenvalue weighted by Crippen LogP contribution is -2.08. The van der Waals surface area contributed by atoms with Crippen LogP contribution < -0.4 is 0 Å². The predicted octanol–water partition coefficient (Wildman–Crippen LogP) is 7.24. The molecule has 9 nitrogen and oxygen atoms in total. The summed E-state index contributed by atoms with van der Waals surface area (Å²) in [4.78, 5) is 0. The van der Waals surface area contributed by atoms with Crippen molar-refractivity contribution in [2.24, 2.45) is 0 Å². The standard InChI is InChI=1S/C28H33N9S2/c1-2-3-4-5-6-7-8-15-20-35-24(26-31-33-28(39)37(26)22-18-13-10-14-19-22)23(29-34-35)25-30-32-27(38)36(25)21-16-11-9-12-17-21/h9-14,16-19H,2-8,15,20H2,1H3,(H,32,38)(H,33,39). The van der Waals surface area contributed by atoms with Crippen molar-refractivity contribution in [2.45, 2.75) is 64.8 Å². The van der Waals surface area contributed by atoms with Gasteiger partial charge in [0.15, 0.2) is 26.9 Å². The number of hydrogen-bond donors (Lipinski definition) is 2. The number of rotatable bonds is 13. The molecule has 0 saturated heterocycles. The van der Waals surface area contributed by atoms with Gasteiger partial charge in [0.2, 0.25) is 0 Å². The van der Waals surface area contributed by atoms with Crippen molar-refractivity contribution in [3.8, 4) is 34.4 Å². The van der Waals surface area contributed by atoms with Gasteiger partial charge in [-0.25, -0.2) is 4.68 Å². The minimum Gasteiger partial charge on any atom is -0.267 e. The molecule has 0 radical (unpaired) electrons. The number of unbranched alkanes of at least 4 members (excludes halogenated alkanes) is 7. The third-order valence-corrected chi connectivity index (χ3v) is 7.30. The molecule has 5 rings (SSSR count). The molecular formula is C28H33N9S2. The van der Waals surface area contributed by atoms with Gasteiger partial charge in [-0.1, -0.05) is 93.5 Å². The third kappa shape index (κ3) is 5.99. The summed E-state index contributed by atoms with van der Waals surface area (Å²) in [5, 5.41) is 24.3. The molecule has 3 aromatic heterocycles. The van der Waals surface area contributed by atoms with Crippen molar-refractivity contribution >= 4 is 24.4 Å². The quantitative estimate of drug-likeness (QED) is 0.117. The first-order valence-corrected chi connectivity index (χ1v) is 14.4. The second-order valence-corrected chi connectivity index (χ2v) is 10.3. The van der Waals surface area contributed by atoms with Crippen LogP contribution in [0.1, 0.15) is 58.3 Å². The highest BCUT2D eigenvalue weighted by molar-refractivity contribution is 7.71. The number of benzene rings is 2. The molecule has 0 fully saturated rings. The Bertz CT molecular complexity index is 1590. The van der Waals surface area contributed by atoms with Gasteiger partial charge in [-0.05, 0) is 55.1 Å². The molecule has 0 saturated carbocycles. The smallest absolute Gasteiger partial charge is 0.200 e. The molecule has 202 valence electrons. The van der Waals surface area contributed by atoms with Crippen LogP contribution in [0.2, 0.25) is 0 Å². The van der Waals surface area contributed by atoms with E-state index in [9.17, 15) is 0 Å². The van der Waals surface area contributed by atoms with Gasteiger partial charge in [0.05, 0.1) is 11.4 Å². The second kappa shape index (κ2) is 12.9. The Balaban J connectivity index is 1.53. The Morgan fingerprint density at radius 3 is 1.77 bits per heavy atom. The average Bonchev–Trinajstić information content (AvgIpc) is 3.67. The Hall–Kier alpha value is -3.70. The number of aromatic amines is 2.